The zero-order valence-electron chi connectivity index (χ0n) is 15.9. The lowest BCUT2D eigenvalue weighted by Gasteiger charge is -2.30. The Morgan fingerprint density at radius 1 is 0.778 bits per heavy atom. The monoisotopic (exact) mass is 356 g/mol. The van der Waals surface area contributed by atoms with Gasteiger partial charge in [-0.25, -0.2) is 5.01 Å². The molecule has 0 N–H and O–H groups in total. The summed E-state index contributed by atoms with van der Waals surface area (Å²) in [5, 5.41) is 7.09. The molecule has 27 heavy (non-hydrogen) atoms. The first-order chi connectivity index (χ1) is 13.1. The van der Waals surface area contributed by atoms with Crippen LogP contribution >= 0.6 is 0 Å². The molecule has 3 aromatic rings. The summed E-state index contributed by atoms with van der Waals surface area (Å²) >= 11 is 0. The second kappa shape index (κ2) is 7.16. The predicted octanol–water partition coefficient (Wildman–Crippen LogP) is 4.57. The smallest absolute Gasteiger partial charge is 0.158 e. The van der Waals surface area contributed by atoms with Gasteiger partial charge in [-0.3, -0.25) is 0 Å². The summed E-state index contributed by atoms with van der Waals surface area (Å²) in [5.74, 6) is 0.973. The Morgan fingerprint density at radius 2 is 1.37 bits per heavy atom. The Labute approximate surface area is 161 Å². The fraction of sp³-hybridized carbons (Fsp3) is 0.174. The molecule has 4 rings (SSSR count). The lowest BCUT2D eigenvalue weighted by atomic mass is 10.1. The maximum Gasteiger partial charge on any atom is 0.158 e. The molecule has 0 aromatic heterocycles. The molecule has 1 atom stereocenters. The maximum atomic E-state index is 4.99. The van der Waals surface area contributed by atoms with Gasteiger partial charge < -0.3 is 9.80 Å². The van der Waals surface area contributed by atoms with E-state index in [0.29, 0.717) is 0 Å². The molecule has 0 saturated carbocycles. The van der Waals surface area contributed by atoms with Crippen LogP contribution < -0.4 is 9.91 Å². The van der Waals surface area contributed by atoms with E-state index in [-0.39, 0.29) is 6.17 Å². The van der Waals surface area contributed by atoms with Gasteiger partial charge in [0.2, 0.25) is 0 Å². The summed E-state index contributed by atoms with van der Waals surface area (Å²) < 4.78 is 0. The molecule has 0 aliphatic carbocycles. The largest absolute Gasteiger partial charge is 0.378 e. The highest BCUT2D eigenvalue weighted by Gasteiger charge is 2.34. The second-order valence-corrected chi connectivity index (χ2v) is 6.94. The number of para-hydroxylation sites is 1. The van der Waals surface area contributed by atoms with Crippen LogP contribution in [0.2, 0.25) is 0 Å². The van der Waals surface area contributed by atoms with E-state index in [0.717, 1.165) is 17.1 Å². The second-order valence-electron chi connectivity index (χ2n) is 6.94. The fourth-order valence-corrected chi connectivity index (χ4v) is 3.44. The van der Waals surface area contributed by atoms with Crippen molar-refractivity contribution in [1.29, 1.82) is 0 Å². The van der Waals surface area contributed by atoms with Crippen LogP contribution in [0.15, 0.2) is 90.0 Å². The quantitative estimate of drug-likeness (QED) is 0.684. The SMILES string of the molecule is CN(C)c1ccc(C2N(C)C(c3ccccc3)=NN2c2ccccc2)cc1. The van der Waals surface area contributed by atoms with E-state index in [1.807, 2.05) is 12.1 Å². The first kappa shape index (κ1) is 17.2. The predicted molar refractivity (Wildman–Crippen MR) is 113 cm³/mol. The highest BCUT2D eigenvalue weighted by Crippen LogP contribution is 2.36. The van der Waals surface area contributed by atoms with E-state index in [4.69, 9.17) is 5.10 Å². The van der Waals surface area contributed by atoms with Gasteiger partial charge >= 0.3 is 0 Å². The molecule has 0 amide bonds. The molecule has 3 aromatic carbocycles. The average Bonchev–Trinajstić information content (AvgIpc) is 3.06. The third kappa shape index (κ3) is 3.26. The minimum Gasteiger partial charge on any atom is -0.378 e. The Bertz CT molecular complexity index is 918. The molecule has 136 valence electrons. The molecule has 1 unspecified atom stereocenters. The highest BCUT2D eigenvalue weighted by molar-refractivity contribution is 6.01. The minimum absolute atomic E-state index is 0.0128. The van der Waals surface area contributed by atoms with Gasteiger partial charge in [-0.05, 0) is 29.8 Å². The van der Waals surface area contributed by atoms with Crippen LogP contribution in [0.1, 0.15) is 17.3 Å². The Balaban J connectivity index is 1.77. The summed E-state index contributed by atoms with van der Waals surface area (Å²) in [6.45, 7) is 0. The van der Waals surface area contributed by atoms with Crippen LogP contribution in [0, 0.1) is 0 Å². The number of hydrogen-bond acceptors (Lipinski definition) is 4. The van der Waals surface area contributed by atoms with Crippen molar-refractivity contribution in [3.63, 3.8) is 0 Å². The van der Waals surface area contributed by atoms with Crippen molar-refractivity contribution in [1.82, 2.24) is 4.90 Å². The molecule has 1 aliphatic rings. The first-order valence-corrected chi connectivity index (χ1v) is 9.13. The van der Waals surface area contributed by atoms with Crippen LogP contribution in [0.5, 0.6) is 0 Å². The molecule has 1 aliphatic heterocycles. The molecule has 4 nitrogen and oxygen atoms in total. The molecule has 0 fully saturated rings. The summed E-state index contributed by atoms with van der Waals surface area (Å²) in [4.78, 5) is 4.36. The van der Waals surface area contributed by atoms with Crippen LogP contribution in [0.4, 0.5) is 11.4 Å². The zero-order chi connectivity index (χ0) is 18.8. The number of amidine groups is 1. The fourth-order valence-electron chi connectivity index (χ4n) is 3.44. The van der Waals surface area contributed by atoms with E-state index < -0.39 is 0 Å². The highest BCUT2D eigenvalue weighted by atomic mass is 15.6. The summed E-state index contributed by atoms with van der Waals surface area (Å²) in [7, 11) is 6.23. The van der Waals surface area contributed by atoms with Crippen LogP contribution in [-0.2, 0) is 0 Å². The van der Waals surface area contributed by atoms with Gasteiger partial charge in [-0.15, -0.1) is 0 Å². The van der Waals surface area contributed by atoms with E-state index in [1.54, 1.807) is 0 Å². The summed E-state index contributed by atoms with van der Waals surface area (Å²) in [5.41, 5.74) is 4.60. The van der Waals surface area contributed by atoms with Gasteiger partial charge in [0.15, 0.2) is 12.0 Å². The first-order valence-electron chi connectivity index (χ1n) is 9.13. The van der Waals surface area contributed by atoms with Gasteiger partial charge in [-0.1, -0.05) is 60.7 Å². The Hall–Kier alpha value is -3.27. The number of hydrogen-bond donors (Lipinski definition) is 0. The Morgan fingerprint density at radius 3 is 1.96 bits per heavy atom. The van der Waals surface area contributed by atoms with Gasteiger partial charge in [0.25, 0.3) is 0 Å². The zero-order valence-corrected chi connectivity index (χ0v) is 15.9. The van der Waals surface area contributed by atoms with Gasteiger partial charge in [0.05, 0.1) is 5.69 Å². The molecule has 0 saturated heterocycles. The third-order valence-corrected chi connectivity index (χ3v) is 4.90. The molecule has 0 radical (unpaired) electrons. The van der Waals surface area contributed by atoms with Crippen molar-refractivity contribution in [2.75, 3.05) is 31.1 Å². The van der Waals surface area contributed by atoms with E-state index in [9.17, 15) is 0 Å². The van der Waals surface area contributed by atoms with Gasteiger partial charge in [0, 0.05) is 32.4 Å². The summed E-state index contributed by atoms with van der Waals surface area (Å²) in [6.07, 6.45) is 0.0128. The van der Waals surface area contributed by atoms with Crippen LogP contribution in [0.25, 0.3) is 0 Å². The molecule has 4 heteroatoms. The van der Waals surface area contributed by atoms with Crippen molar-refractivity contribution in [2.45, 2.75) is 6.17 Å². The summed E-state index contributed by atoms with van der Waals surface area (Å²) in [6, 6.07) is 29.4. The van der Waals surface area contributed by atoms with E-state index >= 15 is 0 Å². The van der Waals surface area contributed by atoms with Crippen LogP contribution in [0.3, 0.4) is 0 Å². The minimum atomic E-state index is 0.0128. The number of rotatable bonds is 4. The van der Waals surface area contributed by atoms with Crippen molar-refractivity contribution >= 4 is 17.2 Å². The number of hydrazone groups is 1. The number of nitrogens with zero attached hydrogens (tertiary/aromatic N) is 4. The van der Waals surface area contributed by atoms with Gasteiger partial charge in [0.1, 0.15) is 0 Å². The van der Waals surface area contributed by atoms with Gasteiger partial charge in [-0.2, -0.15) is 5.10 Å². The maximum absolute atomic E-state index is 4.99. The van der Waals surface area contributed by atoms with E-state index in [2.05, 4.69) is 109 Å². The lowest BCUT2D eigenvalue weighted by molar-refractivity contribution is 0.398. The molecular formula is C23H24N4. The van der Waals surface area contributed by atoms with Crippen molar-refractivity contribution in [2.24, 2.45) is 5.10 Å². The number of benzene rings is 3. The molecule has 0 bridgehead atoms. The Kier molecular flexibility index (Phi) is 4.55. The molecular weight excluding hydrogens is 332 g/mol. The number of anilines is 2. The van der Waals surface area contributed by atoms with Crippen molar-refractivity contribution < 1.29 is 0 Å². The topological polar surface area (TPSA) is 22.1 Å². The van der Waals surface area contributed by atoms with Crippen LogP contribution in [-0.4, -0.2) is 31.9 Å². The lowest BCUT2D eigenvalue weighted by Crippen LogP contribution is -2.32. The van der Waals surface area contributed by atoms with Crippen molar-refractivity contribution in [3.05, 3.63) is 96.1 Å². The molecule has 0 spiro atoms. The van der Waals surface area contributed by atoms with E-state index in [1.165, 1.54) is 11.3 Å². The average molecular weight is 356 g/mol. The van der Waals surface area contributed by atoms with Crippen molar-refractivity contribution in [3.8, 4) is 0 Å². The standard InChI is InChI=1S/C23H24N4/c1-25(2)20-16-14-19(15-17-20)23-26(3)22(18-10-6-4-7-11-18)24-27(23)21-12-8-5-9-13-21/h4-17,23H,1-3H3. The normalized spacial score (nSPS) is 16.4. The molecule has 1 heterocycles. The third-order valence-electron chi connectivity index (χ3n) is 4.90.